The molecule has 0 fully saturated rings. The number of nitrogens with one attached hydrogen (secondary N) is 1. The third-order valence-electron chi connectivity index (χ3n) is 4.14. The number of carbonyl (C=O) groups is 2. The average Bonchev–Trinajstić information content (AvgIpc) is 2.50. The van der Waals surface area contributed by atoms with Gasteiger partial charge in [0, 0.05) is 32.1 Å². The van der Waals surface area contributed by atoms with Crippen molar-refractivity contribution in [3.05, 3.63) is 34.9 Å². The quantitative estimate of drug-likeness (QED) is 0.259. The Hall–Kier alpha value is -1.31. The van der Waals surface area contributed by atoms with Gasteiger partial charge in [0.2, 0.25) is 5.91 Å². The number of hydrogen-bond donors (Lipinski definition) is 4. The molecule has 0 spiro atoms. The predicted molar refractivity (Wildman–Crippen MR) is 96.1 cm³/mol. The van der Waals surface area contributed by atoms with E-state index in [1.165, 1.54) is 0 Å². The van der Waals surface area contributed by atoms with E-state index in [-0.39, 0.29) is 52.2 Å². The number of amides is 1. The topological polar surface area (TPSA) is 116 Å². The molecule has 0 aromatic heterocycles. The number of aliphatic hydroxyl groups excluding tert-OH is 1. The fraction of sp³-hybridized carbons (Fsp3) is 0.579. The second kappa shape index (κ2) is 10.9. The second-order valence-corrected chi connectivity index (χ2v) is 8.07. The van der Waals surface area contributed by atoms with Crippen molar-refractivity contribution in [1.82, 2.24) is 5.32 Å². The Morgan fingerprint density at radius 3 is 2.15 bits per heavy atom. The summed E-state index contributed by atoms with van der Waals surface area (Å²) < 4.78 is 0. The van der Waals surface area contributed by atoms with Gasteiger partial charge in [0.05, 0.1) is 13.0 Å². The molecule has 1 aromatic rings. The molecular weight excluding hydrogens is 530 g/mol. The van der Waals surface area contributed by atoms with E-state index in [2.05, 4.69) is 10.2 Å². The van der Waals surface area contributed by atoms with Crippen LogP contribution in [-0.4, -0.2) is 27.3 Å². The number of hydrogen-bond acceptors (Lipinski definition) is 5. The minimum Gasteiger partial charge on any atom is -0.481 e. The molecule has 155 valence electrons. The molecule has 1 rings (SSSR count). The molecule has 0 bridgehead atoms. The van der Waals surface area contributed by atoms with Crippen molar-refractivity contribution in [3.63, 3.8) is 0 Å². The van der Waals surface area contributed by atoms with Crippen LogP contribution in [0.4, 0.5) is 0 Å². The molecule has 4 N–H and O–H groups in total. The maximum absolute atomic E-state index is 12.6. The van der Waals surface area contributed by atoms with E-state index in [0.717, 1.165) is 5.56 Å². The van der Waals surface area contributed by atoms with Gasteiger partial charge in [-0.05, 0) is 28.5 Å². The molecule has 0 heterocycles. The molecule has 0 aliphatic heterocycles. The van der Waals surface area contributed by atoms with Gasteiger partial charge in [-0.15, -0.1) is 0 Å². The Bertz CT molecular complexity index is 645. The summed E-state index contributed by atoms with van der Waals surface area (Å²) in [6, 6.07) is 5.25. The minimum atomic E-state index is -0.884. The molecule has 0 unspecified atom stereocenters. The van der Waals surface area contributed by atoms with Crippen LogP contribution in [0.2, 0.25) is 0 Å². The van der Waals surface area contributed by atoms with E-state index in [9.17, 15) is 14.7 Å². The van der Waals surface area contributed by atoms with Crippen molar-refractivity contribution >= 4 is 11.9 Å². The Kier molecular flexibility index (Phi) is 10.3. The van der Waals surface area contributed by atoms with Gasteiger partial charge in [0.1, 0.15) is 6.61 Å². The summed E-state index contributed by atoms with van der Waals surface area (Å²) in [5.41, 5.74) is 0.882. The first-order valence-electron chi connectivity index (χ1n) is 8.48. The van der Waals surface area contributed by atoms with E-state index in [4.69, 9.17) is 10.4 Å². The Morgan fingerprint density at radius 2 is 1.63 bits per heavy atom. The van der Waals surface area contributed by atoms with Crippen molar-refractivity contribution in [3.8, 4) is 0 Å². The molecular formula is C19H29IrNO6. The van der Waals surface area contributed by atoms with Crippen LogP contribution in [0, 0.1) is 10.8 Å². The molecule has 1 amide bonds. The molecule has 0 saturated carbocycles. The maximum atomic E-state index is 12.6. The Labute approximate surface area is 173 Å². The van der Waals surface area contributed by atoms with Gasteiger partial charge in [0.25, 0.3) is 0 Å². The van der Waals surface area contributed by atoms with Crippen LogP contribution >= 0.6 is 0 Å². The van der Waals surface area contributed by atoms with E-state index in [0.29, 0.717) is 17.5 Å². The molecule has 0 aliphatic carbocycles. The predicted octanol–water partition coefficient (Wildman–Crippen LogP) is 2.70. The van der Waals surface area contributed by atoms with E-state index in [1.54, 1.807) is 32.0 Å². The molecule has 1 radical (unpaired) electrons. The minimum absolute atomic E-state index is 0. The van der Waals surface area contributed by atoms with Crippen molar-refractivity contribution in [2.45, 2.75) is 60.3 Å². The van der Waals surface area contributed by atoms with Crippen LogP contribution in [0.1, 0.15) is 57.2 Å². The van der Waals surface area contributed by atoms with E-state index < -0.39 is 16.8 Å². The number of benzene rings is 1. The molecule has 27 heavy (non-hydrogen) atoms. The van der Waals surface area contributed by atoms with Crippen molar-refractivity contribution < 1.29 is 50.1 Å². The third-order valence-corrected chi connectivity index (χ3v) is 4.14. The number of rotatable bonds is 10. The largest absolute Gasteiger partial charge is 0.481 e. The molecule has 0 saturated heterocycles. The number of aliphatic hydroxyl groups is 1. The molecule has 0 aliphatic rings. The van der Waals surface area contributed by atoms with Crippen LogP contribution in [0.3, 0.4) is 0 Å². The van der Waals surface area contributed by atoms with Gasteiger partial charge >= 0.3 is 5.97 Å². The van der Waals surface area contributed by atoms with E-state index in [1.807, 2.05) is 13.8 Å². The van der Waals surface area contributed by atoms with Crippen LogP contribution in [0.15, 0.2) is 18.2 Å². The number of carboxylic acids is 1. The first-order valence-corrected chi connectivity index (χ1v) is 8.48. The zero-order valence-electron chi connectivity index (χ0n) is 16.2. The summed E-state index contributed by atoms with van der Waals surface area (Å²) in [6.07, 6.45) is 0.422. The normalized spacial score (nSPS) is 11.6. The van der Waals surface area contributed by atoms with Crippen LogP contribution in [-0.2, 0) is 54.3 Å². The second-order valence-electron chi connectivity index (χ2n) is 8.07. The number of carbonyl (C=O) groups excluding carboxylic acids is 1. The number of carboxylic acid groups (broad SMARTS) is 1. The van der Waals surface area contributed by atoms with Crippen molar-refractivity contribution in [2.75, 3.05) is 0 Å². The first kappa shape index (κ1) is 25.7. The summed E-state index contributed by atoms with van der Waals surface area (Å²) in [7, 11) is 0. The fourth-order valence-corrected chi connectivity index (χ4v) is 3.36. The van der Waals surface area contributed by atoms with Gasteiger partial charge in [-0.3, -0.25) is 14.8 Å². The summed E-state index contributed by atoms with van der Waals surface area (Å²) in [4.78, 5) is 27.7. The number of aliphatic carboxylic acids is 1. The zero-order chi connectivity index (χ0) is 20.0. The molecule has 1 aromatic carbocycles. The Balaban J connectivity index is 0.00000676. The zero-order valence-corrected chi connectivity index (χ0v) is 18.6. The average molecular weight is 560 g/mol. The Morgan fingerprint density at radius 1 is 1.07 bits per heavy atom. The molecule has 7 nitrogen and oxygen atoms in total. The van der Waals surface area contributed by atoms with Gasteiger partial charge in [0.15, 0.2) is 0 Å². The van der Waals surface area contributed by atoms with Crippen LogP contribution in [0.5, 0.6) is 0 Å². The third kappa shape index (κ3) is 8.95. The summed E-state index contributed by atoms with van der Waals surface area (Å²) in [5, 5.41) is 29.8. The van der Waals surface area contributed by atoms with Gasteiger partial charge in [-0.1, -0.05) is 45.9 Å². The van der Waals surface area contributed by atoms with Crippen LogP contribution in [0.25, 0.3) is 0 Å². The first-order chi connectivity index (χ1) is 12.0. The van der Waals surface area contributed by atoms with Crippen molar-refractivity contribution in [2.24, 2.45) is 10.8 Å². The molecule has 0 atom stereocenters. The van der Waals surface area contributed by atoms with Crippen molar-refractivity contribution in [1.29, 1.82) is 0 Å². The summed E-state index contributed by atoms with van der Waals surface area (Å²) >= 11 is 0. The van der Waals surface area contributed by atoms with Gasteiger partial charge < -0.3 is 15.5 Å². The SMILES string of the molecule is CC(C)(CC(=O)O)CC(C)(C)C(=O)NCc1cc(CO)cc(COO)c1.[Ir]. The van der Waals surface area contributed by atoms with Gasteiger partial charge in [-0.2, -0.15) is 0 Å². The maximum Gasteiger partial charge on any atom is 0.303 e. The van der Waals surface area contributed by atoms with E-state index >= 15 is 0 Å². The summed E-state index contributed by atoms with van der Waals surface area (Å²) in [6.45, 7) is 7.35. The fourth-order valence-electron chi connectivity index (χ4n) is 3.36. The van der Waals surface area contributed by atoms with Crippen LogP contribution < -0.4 is 5.32 Å². The summed E-state index contributed by atoms with van der Waals surface area (Å²) in [5.74, 6) is -1.06. The standard InChI is InChI=1S/C19H29NO6.Ir/c1-18(2,8-16(22)23)12-19(3,4)17(24)20-9-13-5-14(10-21)7-15(6-13)11-26-25;/h5-7,21,25H,8-12H2,1-4H3,(H,20,24)(H,22,23);. The monoisotopic (exact) mass is 560 g/mol. The molecule has 8 heteroatoms. The smallest absolute Gasteiger partial charge is 0.303 e. The van der Waals surface area contributed by atoms with Gasteiger partial charge in [-0.25, -0.2) is 4.89 Å².